The second kappa shape index (κ2) is 7.68. The summed E-state index contributed by atoms with van der Waals surface area (Å²) in [5, 5.41) is 3.97. The summed E-state index contributed by atoms with van der Waals surface area (Å²) in [6.45, 7) is 0.179. The lowest BCUT2D eigenvalue weighted by atomic mass is 10.1. The van der Waals surface area contributed by atoms with E-state index in [9.17, 15) is 26.0 Å². The normalized spacial score (nSPS) is 12.3. The first-order valence-corrected chi connectivity index (χ1v) is 9.41. The molecule has 3 aromatic rings. The van der Waals surface area contributed by atoms with Crippen molar-refractivity contribution >= 4 is 10.0 Å². The monoisotopic (exact) mass is 414 g/mol. The van der Waals surface area contributed by atoms with E-state index in [0.29, 0.717) is 18.2 Å². The van der Waals surface area contributed by atoms with E-state index < -0.39 is 32.5 Å². The summed E-state index contributed by atoms with van der Waals surface area (Å²) in [6, 6.07) is 8.46. The van der Waals surface area contributed by atoms with Crippen molar-refractivity contribution in [3.8, 4) is 0 Å². The molecule has 6 nitrogen and oxygen atoms in total. The highest BCUT2D eigenvalue weighted by Crippen LogP contribution is 2.32. The van der Waals surface area contributed by atoms with Crippen molar-refractivity contribution in [2.45, 2.75) is 24.2 Å². The standard InChI is InChI=1S/C17H14F4N4O2S/c18-16-6-5-14(7-15(16)17(19,20)21)28(26,27)24-8-12-3-1-2-4-13(12)9-25-11-22-10-23-25/h1-7,10-11,24H,8-9H2. The van der Waals surface area contributed by atoms with Gasteiger partial charge >= 0.3 is 6.18 Å². The summed E-state index contributed by atoms with van der Waals surface area (Å²) in [7, 11) is -4.29. The Bertz CT molecular complexity index is 1070. The predicted molar refractivity (Wildman–Crippen MR) is 91.0 cm³/mol. The molecule has 0 fully saturated rings. The lowest BCUT2D eigenvalue weighted by Gasteiger charge is -2.13. The Morgan fingerprint density at radius 3 is 2.43 bits per heavy atom. The molecule has 148 valence electrons. The zero-order valence-corrected chi connectivity index (χ0v) is 15.0. The lowest BCUT2D eigenvalue weighted by molar-refractivity contribution is -0.140. The van der Waals surface area contributed by atoms with Crippen molar-refractivity contribution in [1.82, 2.24) is 19.5 Å². The van der Waals surface area contributed by atoms with Crippen molar-refractivity contribution < 1.29 is 26.0 Å². The van der Waals surface area contributed by atoms with Gasteiger partial charge in [0.2, 0.25) is 10.0 Å². The quantitative estimate of drug-likeness (QED) is 0.630. The molecule has 1 heterocycles. The van der Waals surface area contributed by atoms with Gasteiger partial charge in [-0.2, -0.15) is 18.3 Å². The van der Waals surface area contributed by atoms with Gasteiger partial charge in [0.15, 0.2) is 0 Å². The van der Waals surface area contributed by atoms with Crippen LogP contribution in [-0.4, -0.2) is 23.2 Å². The van der Waals surface area contributed by atoms with Crippen LogP contribution in [0, 0.1) is 5.82 Å². The van der Waals surface area contributed by atoms with E-state index in [1.807, 2.05) is 0 Å². The minimum absolute atomic E-state index is 0.161. The third kappa shape index (κ3) is 4.54. The molecule has 0 radical (unpaired) electrons. The smallest absolute Gasteiger partial charge is 0.249 e. The van der Waals surface area contributed by atoms with E-state index in [4.69, 9.17) is 0 Å². The fraction of sp³-hybridized carbons (Fsp3) is 0.176. The summed E-state index contributed by atoms with van der Waals surface area (Å²) in [5.74, 6) is -1.54. The SMILES string of the molecule is O=S(=O)(NCc1ccccc1Cn1cncn1)c1ccc(F)c(C(F)(F)F)c1. The maximum absolute atomic E-state index is 13.4. The highest BCUT2D eigenvalue weighted by Gasteiger charge is 2.35. The summed E-state index contributed by atoms with van der Waals surface area (Å²) in [6.07, 6.45) is -2.14. The number of halogens is 4. The van der Waals surface area contributed by atoms with Gasteiger partial charge in [-0.25, -0.2) is 27.2 Å². The van der Waals surface area contributed by atoms with Crippen molar-refractivity contribution in [2.75, 3.05) is 0 Å². The van der Waals surface area contributed by atoms with E-state index in [1.54, 1.807) is 28.9 Å². The molecule has 0 saturated heterocycles. The second-order valence-corrected chi connectivity index (χ2v) is 7.59. The van der Waals surface area contributed by atoms with Gasteiger partial charge in [-0.05, 0) is 29.3 Å². The van der Waals surface area contributed by atoms with Crippen LogP contribution in [0.25, 0.3) is 0 Å². The molecule has 0 bridgehead atoms. The van der Waals surface area contributed by atoms with Gasteiger partial charge in [-0.15, -0.1) is 0 Å². The molecule has 0 unspecified atom stereocenters. The van der Waals surface area contributed by atoms with Gasteiger partial charge in [0.1, 0.15) is 18.5 Å². The van der Waals surface area contributed by atoms with Crippen LogP contribution in [0.4, 0.5) is 17.6 Å². The second-order valence-electron chi connectivity index (χ2n) is 5.83. The minimum Gasteiger partial charge on any atom is -0.249 e. The third-order valence-corrected chi connectivity index (χ3v) is 5.32. The van der Waals surface area contributed by atoms with Crippen LogP contribution in [-0.2, 0) is 29.3 Å². The molecule has 0 aliphatic heterocycles. The fourth-order valence-electron chi connectivity index (χ4n) is 2.52. The number of alkyl halides is 3. The predicted octanol–water partition coefficient (Wildman–Crippen LogP) is 2.96. The molecule has 2 aromatic carbocycles. The van der Waals surface area contributed by atoms with E-state index >= 15 is 0 Å². The molecule has 0 aliphatic rings. The van der Waals surface area contributed by atoms with Gasteiger partial charge < -0.3 is 0 Å². The molecular weight excluding hydrogens is 400 g/mol. The molecule has 11 heteroatoms. The first-order valence-electron chi connectivity index (χ1n) is 7.92. The zero-order valence-electron chi connectivity index (χ0n) is 14.2. The maximum atomic E-state index is 13.4. The van der Waals surface area contributed by atoms with Crippen LogP contribution < -0.4 is 4.72 Å². The van der Waals surface area contributed by atoms with Crippen molar-refractivity contribution in [3.63, 3.8) is 0 Å². The molecule has 1 aromatic heterocycles. The van der Waals surface area contributed by atoms with E-state index in [2.05, 4.69) is 14.8 Å². The number of benzene rings is 2. The Balaban J connectivity index is 1.81. The number of nitrogens with one attached hydrogen (secondary N) is 1. The Labute approximate surface area is 157 Å². The van der Waals surface area contributed by atoms with Crippen molar-refractivity contribution in [1.29, 1.82) is 0 Å². The van der Waals surface area contributed by atoms with Crippen LogP contribution >= 0.6 is 0 Å². The first-order chi connectivity index (χ1) is 13.2. The summed E-state index contributed by atoms with van der Waals surface area (Å²) >= 11 is 0. The number of aromatic nitrogens is 3. The summed E-state index contributed by atoms with van der Waals surface area (Å²) in [5.41, 5.74) is -0.271. The van der Waals surface area contributed by atoms with Gasteiger partial charge in [-0.1, -0.05) is 24.3 Å². The minimum atomic E-state index is -5.00. The van der Waals surface area contributed by atoms with Gasteiger partial charge in [-0.3, -0.25) is 0 Å². The van der Waals surface area contributed by atoms with E-state index in [1.165, 1.54) is 12.7 Å². The van der Waals surface area contributed by atoms with Crippen LogP contribution in [0.5, 0.6) is 0 Å². The maximum Gasteiger partial charge on any atom is 0.419 e. The molecule has 0 spiro atoms. The number of nitrogens with zero attached hydrogens (tertiary/aromatic N) is 3. The highest BCUT2D eigenvalue weighted by atomic mass is 32.2. The fourth-order valence-corrected chi connectivity index (χ4v) is 3.55. The topological polar surface area (TPSA) is 76.9 Å². The van der Waals surface area contributed by atoms with Crippen LogP contribution in [0.3, 0.4) is 0 Å². The Morgan fingerprint density at radius 1 is 1.07 bits per heavy atom. The number of sulfonamides is 1. The molecule has 1 N–H and O–H groups in total. The van der Waals surface area contributed by atoms with Crippen LogP contribution in [0.1, 0.15) is 16.7 Å². The molecule has 3 rings (SSSR count). The number of hydrogen-bond donors (Lipinski definition) is 1. The zero-order chi connectivity index (χ0) is 20.4. The van der Waals surface area contributed by atoms with Gasteiger partial charge in [0, 0.05) is 6.54 Å². The molecule has 0 aliphatic carbocycles. The Morgan fingerprint density at radius 2 is 1.79 bits per heavy atom. The van der Waals surface area contributed by atoms with Gasteiger partial charge in [0.05, 0.1) is 17.0 Å². The molecule has 28 heavy (non-hydrogen) atoms. The first kappa shape index (κ1) is 20.0. The lowest BCUT2D eigenvalue weighted by Crippen LogP contribution is -2.24. The third-order valence-electron chi connectivity index (χ3n) is 3.92. The van der Waals surface area contributed by atoms with Crippen LogP contribution in [0.15, 0.2) is 60.0 Å². The molecule has 0 atom stereocenters. The van der Waals surface area contributed by atoms with Crippen molar-refractivity contribution in [3.05, 3.63) is 77.6 Å². The largest absolute Gasteiger partial charge is 0.419 e. The number of rotatable bonds is 6. The van der Waals surface area contributed by atoms with E-state index in [-0.39, 0.29) is 12.6 Å². The van der Waals surface area contributed by atoms with Crippen LogP contribution in [0.2, 0.25) is 0 Å². The van der Waals surface area contributed by atoms with E-state index in [0.717, 1.165) is 11.6 Å². The number of hydrogen-bond acceptors (Lipinski definition) is 4. The molecule has 0 amide bonds. The Hall–Kier alpha value is -2.79. The Kier molecular flexibility index (Phi) is 5.47. The van der Waals surface area contributed by atoms with Crippen molar-refractivity contribution in [2.24, 2.45) is 0 Å². The molecule has 0 saturated carbocycles. The average molecular weight is 414 g/mol. The molecular formula is C17H14F4N4O2S. The van der Waals surface area contributed by atoms with Gasteiger partial charge in [0.25, 0.3) is 0 Å². The summed E-state index contributed by atoms with van der Waals surface area (Å²) < 4.78 is 80.5. The average Bonchev–Trinajstić information content (AvgIpc) is 3.13. The highest BCUT2D eigenvalue weighted by molar-refractivity contribution is 7.89. The summed E-state index contributed by atoms with van der Waals surface area (Å²) in [4.78, 5) is 3.15.